The molecule has 0 spiro atoms. The Bertz CT molecular complexity index is 893. The van der Waals surface area contributed by atoms with Gasteiger partial charge in [0.25, 0.3) is 5.91 Å². The molecule has 9 heteroatoms. The zero-order chi connectivity index (χ0) is 24.6. The van der Waals surface area contributed by atoms with Gasteiger partial charge < -0.3 is 25.4 Å². The second-order valence-electron chi connectivity index (χ2n) is 10.8. The van der Waals surface area contributed by atoms with Crippen molar-refractivity contribution in [3.63, 3.8) is 0 Å². The molecule has 2 aliphatic rings. The number of imide groups is 1. The van der Waals surface area contributed by atoms with E-state index in [4.69, 9.17) is 10.5 Å². The van der Waals surface area contributed by atoms with Crippen molar-refractivity contribution in [1.29, 1.82) is 0 Å². The van der Waals surface area contributed by atoms with Crippen molar-refractivity contribution in [1.82, 2.24) is 14.7 Å². The molecule has 182 valence electrons. The number of nitrogens with two attached hydrogens (primary N) is 1. The summed E-state index contributed by atoms with van der Waals surface area (Å²) in [6.07, 6.45) is -0.00467. The average Bonchev–Trinajstić information content (AvgIpc) is 2.95. The molecule has 0 radical (unpaired) electrons. The van der Waals surface area contributed by atoms with Crippen molar-refractivity contribution in [3.8, 4) is 5.75 Å². The first-order chi connectivity index (χ1) is 15.3. The second kappa shape index (κ2) is 9.21. The molecule has 3 rings (SSSR count). The SMILES string of the molecule is CC(C)(C)CC(C)(C)c1ccc(OCC(O)CN2C(=O)C3CN(C(N)=O)CCN3C2=O)cc1. The van der Waals surface area contributed by atoms with Crippen LogP contribution >= 0.6 is 0 Å². The highest BCUT2D eigenvalue weighted by atomic mass is 16.5. The number of hydrogen-bond acceptors (Lipinski definition) is 5. The molecular weight excluding hydrogens is 424 g/mol. The minimum absolute atomic E-state index is 0.0168. The predicted molar refractivity (Wildman–Crippen MR) is 124 cm³/mol. The Kier molecular flexibility index (Phi) is 6.93. The molecule has 0 aromatic heterocycles. The molecule has 3 N–H and O–H groups in total. The molecule has 0 aliphatic carbocycles. The van der Waals surface area contributed by atoms with Gasteiger partial charge in [-0.1, -0.05) is 46.8 Å². The largest absolute Gasteiger partial charge is 0.491 e. The molecule has 0 bridgehead atoms. The van der Waals surface area contributed by atoms with Gasteiger partial charge in [-0.2, -0.15) is 0 Å². The van der Waals surface area contributed by atoms with Gasteiger partial charge >= 0.3 is 12.1 Å². The molecule has 1 aromatic carbocycles. The number of benzene rings is 1. The van der Waals surface area contributed by atoms with E-state index in [0.717, 1.165) is 11.3 Å². The maximum absolute atomic E-state index is 12.7. The van der Waals surface area contributed by atoms with E-state index in [1.165, 1.54) is 15.4 Å². The summed E-state index contributed by atoms with van der Waals surface area (Å²) in [5.41, 5.74) is 6.74. The van der Waals surface area contributed by atoms with Gasteiger partial charge in [-0.05, 0) is 34.9 Å². The zero-order valence-corrected chi connectivity index (χ0v) is 20.2. The standard InChI is InChI=1S/C24H36N4O5/c1-23(2,3)15-24(4,5)16-6-8-18(9-7-16)33-14-17(29)12-28-20(30)19-13-26(21(25)31)10-11-27(19)22(28)32/h6-9,17,19,29H,10-15H2,1-5H3,(H2,25,31). The lowest BCUT2D eigenvalue weighted by Crippen LogP contribution is -2.55. The van der Waals surface area contributed by atoms with Crippen LogP contribution < -0.4 is 10.5 Å². The van der Waals surface area contributed by atoms with Gasteiger partial charge in [0.2, 0.25) is 0 Å². The number of piperazine rings is 1. The Morgan fingerprint density at radius 3 is 2.36 bits per heavy atom. The highest BCUT2D eigenvalue weighted by molar-refractivity contribution is 6.04. The molecule has 2 saturated heterocycles. The lowest BCUT2D eigenvalue weighted by atomic mass is 9.72. The number of carbonyl (C=O) groups is 3. The van der Waals surface area contributed by atoms with Gasteiger partial charge in [-0.15, -0.1) is 0 Å². The van der Waals surface area contributed by atoms with Crippen LogP contribution in [0.5, 0.6) is 5.75 Å². The van der Waals surface area contributed by atoms with Crippen LogP contribution in [0.15, 0.2) is 24.3 Å². The van der Waals surface area contributed by atoms with Crippen molar-refractivity contribution in [2.24, 2.45) is 11.1 Å². The first-order valence-electron chi connectivity index (χ1n) is 11.4. The van der Waals surface area contributed by atoms with E-state index in [1.807, 2.05) is 24.3 Å². The van der Waals surface area contributed by atoms with E-state index < -0.39 is 30.1 Å². The fourth-order valence-electron chi connectivity index (χ4n) is 4.91. The first kappa shape index (κ1) is 24.8. The Morgan fingerprint density at radius 2 is 1.79 bits per heavy atom. The molecule has 2 heterocycles. The summed E-state index contributed by atoms with van der Waals surface area (Å²) in [4.78, 5) is 40.5. The fraction of sp³-hybridized carbons (Fsp3) is 0.625. The quantitative estimate of drug-likeness (QED) is 0.605. The molecule has 2 atom stereocenters. The van der Waals surface area contributed by atoms with Crippen LogP contribution in [0.25, 0.3) is 0 Å². The summed E-state index contributed by atoms with van der Waals surface area (Å²) in [6, 6.07) is 5.98. The van der Waals surface area contributed by atoms with Crippen molar-refractivity contribution < 1.29 is 24.2 Å². The number of amides is 5. The lowest BCUT2D eigenvalue weighted by Gasteiger charge is -2.34. The molecule has 33 heavy (non-hydrogen) atoms. The number of aliphatic hydroxyl groups is 1. The van der Waals surface area contributed by atoms with Crippen molar-refractivity contribution in [2.45, 2.75) is 58.6 Å². The summed E-state index contributed by atoms with van der Waals surface area (Å²) in [5.74, 6) is 0.174. The first-order valence-corrected chi connectivity index (χ1v) is 11.4. The second-order valence-corrected chi connectivity index (χ2v) is 10.8. The van der Waals surface area contributed by atoms with E-state index in [2.05, 4.69) is 34.6 Å². The van der Waals surface area contributed by atoms with Crippen molar-refractivity contribution in [3.05, 3.63) is 29.8 Å². The lowest BCUT2D eigenvalue weighted by molar-refractivity contribution is -0.130. The normalized spacial score (nSPS) is 20.2. The third-order valence-corrected chi connectivity index (χ3v) is 6.16. The molecule has 2 fully saturated rings. The highest BCUT2D eigenvalue weighted by Gasteiger charge is 2.48. The minimum atomic E-state index is -1.04. The summed E-state index contributed by atoms with van der Waals surface area (Å²) in [7, 11) is 0. The van der Waals surface area contributed by atoms with Crippen LogP contribution in [-0.2, 0) is 10.2 Å². The van der Waals surface area contributed by atoms with E-state index in [0.29, 0.717) is 5.75 Å². The number of hydrogen-bond donors (Lipinski definition) is 2. The van der Waals surface area contributed by atoms with Gasteiger partial charge in [0.05, 0.1) is 13.1 Å². The van der Waals surface area contributed by atoms with Crippen LogP contribution in [-0.4, -0.2) is 82.7 Å². The molecule has 2 aliphatic heterocycles. The average molecular weight is 461 g/mol. The van der Waals surface area contributed by atoms with E-state index >= 15 is 0 Å². The van der Waals surface area contributed by atoms with Gasteiger partial charge in [-0.25, -0.2) is 9.59 Å². The summed E-state index contributed by atoms with van der Waals surface area (Å²) in [5, 5.41) is 10.4. The molecule has 2 unspecified atom stereocenters. The topological polar surface area (TPSA) is 116 Å². The Morgan fingerprint density at radius 1 is 1.15 bits per heavy atom. The number of carbonyl (C=O) groups excluding carboxylic acids is 3. The Balaban J connectivity index is 1.54. The van der Waals surface area contributed by atoms with Gasteiger partial charge in [-0.3, -0.25) is 9.69 Å². The maximum atomic E-state index is 12.7. The van der Waals surface area contributed by atoms with Gasteiger partial charge in [0.15, 0.2) is 0 Å². The number of β-amino-alcohol motifs (C(OH)–C–C–N with tert-alkyl or cyclic N) is 1. The van der Waals surface area contributed by atoms with E-state index in [-0.39, 0.29) is 43.6 Å². The molecule has 5 amide bonds. The number of urea groups is 2. The number of nitrogens with zero attached hydrogens (tertiary/aromatic N) is 3. The highest BCUT2D eigenvalue weighted by Crippen LogP contribution is 2.36. The molecule has 1 aromatic rings. The molecule has 0 saturated carbocycles. The Hall–Kier alpha value is -2.81. The monoisotopic (exact) mass is 460 g/mol. The van der Waals surface area contributed by atoms with Crippen LogP contribution in [0, 0.1) is 5.41 Å². The zero-order valence-electron chi connectivity index (χ0n) is 20.2. The summed E-state index contributed by atoms with van der Waals surface area (Å²) < 4.78 is 5.70. The number of primary amides is 1. The van der Waals surface area contributed by atoms with Gasteiger partial charge in [0, 0.05) is 13.1 Å². The predicted octanol–water partition coefficient (Wildman–Crippen LogP) is 2.17. The van der Waals surface area contributed by atoms with Crippen molar-refractivity contribution in [2.75, 3.05) is 32.8 Å². The van der Waals surface area contributed by atoms with E-state index in [9.17, 15) is 19.5 Å². The van der Waals surface area contributed by atoms with Crippen molar-refractivity contribution >= 4 is 18.0 Å². The fourth-order valence-corrected chi connectivity index (χ4v) is 4.91. The summed E-state index contributed by atoms with van der Waals surface area (Å²) in [6.45, 7) is 11.5. The van der Waals surface area contributed by atoms with Crippen LogP contribution in [0.2, 0.25) is 0 Å². The number of aliphatic hydroxyl groups excluding tert-OH is 1. The number of rotatable bonds is 7. The number of fused-ring (bicyclic) bond motifs is 1. The smallest absolute Gasteiger partial charge is 0.327 e. The van der Waals surface area contributed by atoms with Crippen LogP contribution in [0.4, 0.5) is 9.59 Å². The third kappa shape index (κ3) is 5.76. The Labute approximate surface area is 195 Å². The van der Waals surface area contributed by atoms with Crippen LogP contribution in [0.1, 0.15) is 46.6 Å². The molecule has 9 nitrogen and oxygen atoms in total. The minimum Gasteiger partial charge on any atom is -0.491 e. The van der Waals surface area contributed by atoms with Crippen LogP contribution in [0.3, 0.4) is 0 Å². The summed E-state index contributed by atoms with van der Waals surface area (Å²) >= 11 is 0. The maximum Gasteiger partial charge on any atom is 0.327 e. The number of ether oxygens (including phenoxy) is 1. The molecular formula is C24H36N4O5. The van der Waals surface area contributed by atoms with E-state index in [1.54, 1.807) is 0 Å². The van der Waals surface area contributed by atoms with Gasteiger partial charge in [0.1, 0.15) is 24.5 Å². The third-order valence-electron chi connectivity index (χ3n) is 6.16.